The Kier molecular flexibility index (Phi) is 28.6. The van der Waals surface area contributed by atoms with E-state index in [2.05, 4.69) is 19.0 Å². The van der Waals surface area contributed by atoms with Gasteiger partial charge in [0.2, 0.25) is 5.91 Å². The van der Waals surface area contributed by atoms with Crippen LogP contribution in [0.1, 0.15) is 58.1 Å². The number of nitrogens with zero attached hydrogens (tertiary/aromatic N) is 2. The molecule has 0 spiro atoms. The van der Waals surface area contributed by atoms with Crippen molar-refractivity contribution in [3.05, 3.63) is 55.6 Å². The molecule has 2 heterocycles. The van der Waals surface area contributed by atoms with Crippen molar-refractivity contribution in [2.24, 2.45) is 0 Å². The van der Waals surface area contributed by atoms with Crippen LogP contribution in [-0.4, -0.2) is 199 Å². The van der Waals surface area contributed by atoms with Crippen LogP contribution in [0.5, 0.6) is 23.0 Å². The Bertz CT molecular complexity index is 2610. The SMILES string of the molecule is C.COc1cc(CO)c([N+](=O)[O-])cc1OCCCC(=O)O.COc1cc(CO)c([N+](=O)[O-])cc1OCCCC(=O)SCCNC(=O)C1OC(OC2C(O)C(COS(=O)(=O)O)OC(C)C2NC(C)=O)C(OS(=O)(=O)O)C(O)C1OC. The summed E-state index contributed by atoms with van der Waals surface area (Å²) in [4.78, 5) is 69.1. The number of nitro benzene ring substituents is 2. The number of hydrogen-bond acceptors (Lipinski definition) is 27. The van der Waals surface area contributed by atoms with Gasteiger partial charge in [0.05, 0.1) is 92.5 Å². The summed E-state index contributed by atoms with van der Waals surface area (Å²) in [6.07, 6.45) is -15.9. The first-order valence-corrected chi connectivity index (χ1v) is 26.5. The van der Waals surface area contributed by atoms with Crippen LogP contribution in [0.4, 0.5) is 11.4 Å². The Morgan fingerprint density at radius 3 is 1.75 bits per heavy atom. The van der Waals surface area contributed by atoms with Gasteiger partial charge in [0.1, 0.15) is 30.5 Å². The van der Waals surface area contributed by atoms with Crippen LogP contribution in [0.3, 0.4) is 0 Å². The highest BCUT2D eigenvalue weighted by atomic mass is 32.3. The second-order valence-corrected chi connectivity index (χ2v) is 19.7. The van der Waals surface area contributed by atoms with E-state index in [1.165, 1.54) is 33.3 Å². The van der Waals surface area contributed by atoms with E-state index in [0.717, 1.165) is 37.9 Å². The van der Waals surface area contributed by atoms with Crippen LogP contribution < -0.4 is 29.6 Å². The fraction of sp³-hybridized carbons (Fsp3) is 0.628. The molecule has 2 aliphatic rings. The van der Waals surface area contributed by atoms with Crippen molar-refractivity contribution >= 4 is 66.8 Å². The highest BCUT2D eigenvalue weighted by Gasteiger charge is 2.54. The molecule has 0 aromatic heterocycles. The summed E-state index contributed by atoms with van der Waals surface area (Å²) in [6.45, 7) is 0.292. The molecule has 2 aromatic carbocycles. The van der Waals surface area contributed by atoms with E-state index < -0.39 is 129 Å². The Balaban J connectivity index is 0.000000852. The summed E-state index contributed by atoms with van der Waals surface area (Å²) in [5.41, 5.74) is -0.523. The smallest absolute Gasteiger partial charge is 0.397 e. The lowest BCUT2D eigenvalue weighted by atomic mass is 9.92. The molecule has 4 rings (SSSR count). The molecule has 2 amide bonds. The number of benzene rings is 2. The molecule has 448 valence electrons. The third kappa shape index (κ3) is 21.7. The van der Waals surface area contributed by atoms with Crippen molar-refractivity contribution in [2.75, 3.05) is 53.4 Å². The van der Waals surface area contributed by atoms with Crippen molar-refractivity contribution < 1.29 is 127 Å². The van der Waals surface area contributed by atoms with E-state index in [1.807, 2.05) is 0 Å². The number of ether oxygens (including phenoxy) is 8. The highest BCUT2D eigenvalue weighted by molar-refractivity contribution is 8.13. The number of carbonyl (C=O) groups excluding carboxylic acids is 3. The maximum atomic E-state index is 13.4. The highest BCUT2D eigenvalue weighted by Crippen LogP contribution is 2.37. The number of thioether (sulfide) groups is 1. The second kappa shape index (κ2) is 32.5. The van der Waals surface area contributed by atoms with E-state index in [9.17, 15) is 76.1 Å². The Hall–Kier alpha value is -5.71. The van der Waals surface area contributed by atoms with E-state index >= 15 is 0 Å². The molecule has 33 nitrogen and oxygen atoms in total. The molecule has 0 radical (unpaired) electrons. The number of aliphatic hydroxyl groups is 4. The molecule has 2 saturated heterocycles. The number of amides is 2. The Morgan fingerprint density at radius 1 is 0.772 bits per heavy atom. The number of rotatable bonds is 29. The van der Waals surface area contributed by atoms with Gasteiger partial charge in [-0.2, -0.15) is 16.8 Å². The lowest BCUT2D eigenvalue weighted by Crippen LogP contribution is -2.68. The molecule has 36 heteroatoms. The maximum absolute atomic E-state index is 13.4. The summed E-state index contributed by atoms with van der Waals surface area (Å²) < 4.78 is 117. The molecule has 2 aliphatic heterocycles. The average Bonchev–Trinajstić information content (AvgIpc) is 3.36. The van der Waals surface area contributed by atoms with Crippen molar-refractivity contribution in [2.45, 2.75) is 121 Å². The first-order chi connectivity index (χ1) is 36.6. The quantitative estimate of drug-likeness (QED) is 0.0219. The van der Waals surface area contributed by atoms with Crippen molar-refractivity contribution in [1.82, 2.24) is 10.6 Å². The van der Waals surface area contributed by atoms with Crippen LogP contribution in [0, 0.1) is 20.2 Å². The number of nitrogens with one attached hydrogen (secondary N) is 2. The summed E-state index contributed by atoms with van der Waals surface area (Å²) in [5.74, 6) is -2.02. The number of carbonyl (C=O) groups is 4. The molecule has 10 atom stereocenters. The van der Waals surface area contributed by atoms with E-state index in [-0.39, 0.29) is 109 Å². The lowest BCUT2D eigenvalue weighted by Gasteiger charge is -2.47. The Morgan fingerprint density at radius 2 is 1.30 bits per heavy atom. The molecule has 2 aromatic rings. The largest absolute Gasteiger partial charge is 0.493 e. The molecule has 2 fully saturated rings. The summed E-state index contributed by atoms with van der Waals surface area (Å²) >= 11 is 0.830. The zero-order chi connectivity index (χ0) is 58.7. The van der Waals surface area contributed by atoms with Gasteiger partial charge in [-0.15, -0.1) is 0 Å². The standard InChI is InChI=1S/C30H45N3O22S3.C12H15NO7.CH4/c1-14-22(32-15(2)35)25(23(37)20(52-14)13-51-57(42,43)44)53-30-27(55-58(45,46)47)24(38)26(49-4)28(54-30)29(39)31-7-9-56-21(36)6-5-8-50-19-11-17(33(40)41)16(12-34)10-18(19)48-3;1-19-10-5-8(7-14)9(13(17)18)6-11(10)20-4-2-3-12(15)16;/h10-11,14,20,22-28,30,34,37-38H,5-9,12-13H2,1-4H3,(H,31,39)(H,32,35)(H,42,43,44)(H,45,46,47);5-6,14H,2-4,7H2,1H3,(H,15,16);1H4. The number of methoxy groups -OCH3 is 3. The predicted molar refractivity (Wildman–Crippen MR) is 268 cm³/mol. The molecular formula is C43H64N4O29S3. The van der Waals surface area contributed by atoms with Crippen LogP contribution in [0.25, 0.3) is 0 Å². The van der Waals surface area contributed by atoms with Crippen LogP contribution in [0.15, 0.2) is 24.3 Å². The van der Waals surface area contributed by atoms with E-state index in [1.54, 1.807) is 0 Å². The maximum Gasteiger partial charge on any atom is 0.397 e. The molecule has 10 unspecified atom stereocenters. The van der Waals surface area contributed by atoms with Gasteiger partial charge in [0, 0.05) is 39.2 Å². The van der Waals surface area contributed by atoms with Gasteiger partial charge in [-0.25, -0.2) is 8.37 Å². The number of carboxylic acids is 1. The zero-order valence-corrected chi connectivity index (χ0v) is 44.5. The van der Waals surface area contributed by atoms with E-state index in [4.69, 9.17) is 52.7 Å². The molecule has 79 heavy (non-hydrogen) atoms. The Labute approximate surface area is 456 Å². The minimum atomic E-state index is -5.38. The predicted octanol–water partition coefficient (Wildman–Crippen LogP) is -0.248. The van der Waals surface area contributed by atoms with Crippen LogP contribution in [0.2, 0.25) is 0 Å². The van der Waals surface area contributed by atoms with Gasteiger partial charge < -0.3 is 74.1 Å². The molecular weight excluding hydrogens is 1130 g/mol. The molecule has 0 bridgehead atoms. The third-order valence-corrected chi connectivity index (χ3v) is 12.8. The summed E-state index contributed by atoms with van der Waals surface area (Å²) in [6, 6.07) is 3.55. The first-order valence-electron chi connectivity index (χ1n) is 22.8. The van der Waals surface area contributed by atoms with Gasteiger partial charge >= 0.3 is 26.8 Å². The number of aliphatic carboxylic acids is 1. The first kappa shape index (κ1) is 69.4. The summed E-state index contributed by atoms with van der Waals surface area (Å²) in [5, 5.41) is 76.0. The van der Waals surface area contributed by atoms with Crippen LogP contribution in [-0.2, 0) is 80.5 Å². The second-order valence-electron chi connectivity index (χ2n) is 16.4. The van der Waals surface area contributed by atoms with E-state index in [0.29, 0.717) is 0 Å². The van der Waals surface area contributed by atoms with Crippen molar-refractivity contribution in [3.63, 3.8) is 0 Å². The van der Waals surface area contributed by atoms with Crippen LogP contribution >= 0.6 is 11.8 Å². The van der Waals surface area contributed by atoms with Gasteiger partial charge in [-0.1, -0.05) is 19.2 Å². The average molecular weight is 1200 g/mol. The molecule has 0 aliphatic carbocycles. The van der Waals surface area contributed by atoms with Crippen molar-refractivity contribution in [1.29, 1.82) is 0 Å². The summed E-state index contributed by atoms with van der Waals surface area (Å²) in [7, 11) is -6.70. The monoisotopic (exact) mass is 1200 g/mol. The van der Waals surface area contributed by atoms with Gasteiger partial charge in [0.25, 0.3) is 17.3 Å². The topological polar surface area (TPSA) is 481 Å². The van der Waals surface area contributed by atoms with Crippen molar-refractivity contribution in [3.8, 4) is 23.0 Å². The zero-order valence-electron chi connectivity index (χ0n) is 42.1. The van der Waals surface area contributed by atoms with Gasteiger partial charge in [-0.05, 0) is 31.9 Å². The number of nitro groups is 2. The lowest BCUT2D eigenvalue weighted by molar-refractivity contribution is -0.386. The van der Waals surface area contributed by atoms with Gasteiger partial charge in [-0.3, -0.25) is 48.5 Å². The number of carboxylic acid groups (broad SMARTS) is 1. The fourth-order valence-corrected chi connectivity index (χ4v) is 8.98. The minimum Gasteiger partial charge on any atom is -0.493 e. The number of hydrogen-bond donors (Lipinski definition) is 9. The third-order valence-electron chi connectivity index (χ3n) is 11.0. The molecule has 9 N–H and O–H groups in total. The van der Waals surface area contributed by atoms with Gasteiger partial charge in [0.15, 0.2) is 46.6 Å². The minimum absolute atomic E-state index is 0. The fourth-order valence-electron chi connectivity index (χ4n) is 7.47. The normalized spacial score (nSPS) is 22.9. The molecule has 0 saturated carbocycles. The number of aliphatic hydroxyl groups excluding tert-OH is 4.